The summed E-state index contributed by atoms with van der Waals surface area (Å²) in [5.74, 6) is -2.27. The highest BCUT2D eigenvalue weighted by Crippen LogP contribution is 2.23. The molecule has 0 atom stereocenters. The summed E-state index contributed by atoms with van der Waals surface area (Å²) in [6, 6.07) is 10.9. The van der Waals surface area contributed by atoms with E-state index < -0.39 is 30.3 Å². The monoisotopic (exact) mass is 398 g/mol. The number of ether oxygens (including phenoxy) is 1. The number of anilines is 2. The van der Waals surface area contributed by atoms with Gasteiger partial charge in [0.1, 0.15) is 0 Å². The third-order valence-corrected chi connectivity index (χ3v) is 4.43. The molecule has 0 aliphatic carbocycles. The maximum atomic E-state index is 12.2. The minimum absolute atomic E-state index is 0.108. The van der Waals surface area contributed by atoms with Crippen LogP contribution in [0.5, 0.6) is 0 Å². The van der Waals surface area contributed by atoms with Gasteiger partial charge in [-0.15, -0.1) is 0 Å². The molecule has 142 valence electrons. The van der Waals surface area contributed by atoms with Crippen LogP contribution < -0.4 is 10.2 Å². The van der Waals surface area contributed by atoms with Crippen molar-refractivity contribution >= 4 is 46.7 Å². The summed E-state index contributed by atoms with van der Waals surface area (Å²) >= 11 is 6.00. The van der Waals surface area contributed by atoms with Gasteiger partial charge in [0.05, 0.1) is 11.3 Å². The summed E-state index contributed by atoms with van der Waals surface area (Å²) < 4.78 is 5.02. The average molecular weight is 399 g/mol. The van der Waals surface area contributed by atoms with Crippen LogP contribution in [0.4, 0.5) is 11.4 Å². The molecule has 2 aromatic rings. The Morgan fingerprint density at radius 1 is 1.07 bits per heavy atom. The third-order valence-electron chi connectivity index (χ3n) is 4.03. The van der Waals surface area contributed by atoms with Gasteiger partial charge in [-0.1, -0.05) is 23.7 Å². The van der Waals surface area contributed by atoms with E-state index in [1.54, 1.807) is 25.1 Å². The topological polar surface area (TPSA) is 92.8 Å². The standard InChI is InChI=1S/C20H15ClN2O5/c1-12-15(21)6-3-7-16(12)22-17(24)11-28-20(27)13-4-2-5-14(10-13)23-18(25)8-9-19(23)26/h2-10H,11H2,1H3,(H,22,24). The molecule has 0 aromatic heterocycles. The summed E-state index contributed by atoms with van der Waals surface area (Å²) in [4.78, 5) is 48.7. The van der Waals surface area contributed by atoms with Gasteiger partial charge >= 0.3 is 5.97 Å². The SMILES string of the molecule is Cc1c(Cl)cccc1NC(=O)COC(=O)c1cccc(N2C(=O)C=CC2=O)c1. The lowest BCUT2D eigenvalue weighted by molar-refractivity contribution is -0.120. The lowest BCUT2D eigenvalue weighted by Gasteiger charge is -2.14. The third kappa shape index (κ3) is 4.10. The van der Waals surface area contributed by atoms with Crippen molar-refractivity contribution in [1.29, 1.82) is 0 Å². The van der Waals surface area contributed by atoms with Crippen molar-refractivity contribution in [3.8, 4) is 0 Å². The van der Waals surface area contributed by atoms with Crippen LogP contribution in [0.2, 0.25) is 5.02 Å². The van der Waals surface area contributed by atoms with Crippen LogP contribution >= 0.6 is 11.6 Å². The lowest BCUT2D eigenvalue weighted by atomic mass is 10.2. The van der Waals surface area contributed by atoms with E-state index in [2.05, 4.69) is 5.32 Å². The van der Waals surface area contributed by atoms with E-state index in [4.69, 9.17) is 16.3 Å². The van der Waals surface area contributed by atoms with Crippen molar-refractivity contribution in [2.45, 2.75) is 6.92 Å². The molecule has 0 fully saturated rings. The molecule has 0 bridgehead atoms. The van der Waals surface area contributed by atoms with Gasteiger partial charge in [-0.2, -0.15) is 0 Å². The van der Waals surface area contributed by atoms with Crippen LogP contribution in [-0.4, -0.2) is 30.3 Å². The van der Waals surface area contributed by atoms with Crippen molar-refractivity contribution < 1.29 is 23.9 Å². The lowest BCUT2D eigenvalue weighted by Crippen LogP contribution is -2.29. The predicted molar refractivity (Wildman–Crippen MR) is 103 cm³/mol. The molecule has 3 rings (SSSR count). The fourth-order valence-corrected chi connectivity index (χ4v) is 2.74. The van der Waals surface area contributed by atoms with Crippen LogP contribution in [0.3, 0.4) is 0 Å². The second-order valence-electron chi connectivity index (χ2n) is 5.93. The van der Waals surface area contributed by atoms with Crippen molar-refractivity contribution in [2.24, 2.45) is 0 Å². The minimum atomic E-state index is -0.758. The van der Waals surface area contributed by atoms with E-state index in [0.29, 0.717) is 16.3 Å². The normalized spacial score (nSPS) is 13.0. The van der Waals surface area contributed by atoms with Crippen molar-refractivity contribution in [3.05, 3.63) is 70.8 Å². The van der Waals surface area contributed by atoms with Gasteiger partial charge in [0.15, 0.2) is 6.61 Å². The number of hydrogen-bond donors (Lipinski definition) is 1. The number of nitrogens with one attached hydrogen (secondary N) is 1. The number of carbonyl (C=O) groups excluding carboxylic acids is 4. The summed E-state index contributed by atoms with van der Waals surface area (Å²) in [6.45, 7) is 1.25. The van der Waals surface area contributed by atoms with Crippen molar-refractivity contribution in [3.63, 3.8) is 0 Å². The molecule has 1 aliphatic rings. The summed E-state index contributed by atoms with van der Waals surface area (Å²) in [7, 11) is 0. The molecule has 0 saturated heterocycles. The number of benzene rings is 2. The van der Waals surface area contributed by atoms with E-state index in [0.717, 1.165) is 17.1 Å². The van der Waals surface area contributed by atoms with Crippen LogP contribution in [-0.2, 0) is 19.1 Å². The van der Waals surface area contributed by atoms with Gasteiger partial charge in [0.2, 0.25) is 0 Å². The van der Waals surface area contributed by atoms with Crippen molar-refractivity contribution in [2.75, 3.05) is 16.8 Å². The molecule has 2 aromatic carbocycles. The average Bonchev–Trinajstić information content (AvgIpc) is 3.02. The highest BCUT2D eigenvalue weighted by atomic mass is 35.5. The second kappa shape index (κ2) is 8.06. The summed E-state index contributed by atoms with van der Waals surface area (Å²) in [5, 5.41) is 3.13. The Labute approximate surface area is 165 Å². The number of esters is 1. The molecule has 0 saturated carbocycles. The van der Waals surface area contributed by atoms with Crippen LogP contribution in [0, 0.1) is 6.92 Å². The number of nitrogens with zero attached hydrogens (tertiary/aromatic N) is 1. The predicted octanol–water partition coefficient (Wildman–Crippen LogP) is 2.87. The Hall–Kier alpha value is -3.45. The smallest absolute Gasteiger partial charge is 0.338 e. The molecule has 1 heterocycles. The summed E-state index contributed by atoms with van der Waals surface area (Å²) in [5.41, 5.74) is 1.57. The first kappa shape index (κ1) is 19.3. The van der Waals surface area contributed by atoms with E-state index in [1.807, 2.05) is 0 Å². The van der Waals surface area contributed by atoms with Gasteiger partial charge < -0.3 is 10.1 Å². The van der Waals surface area contributed by atoms with Crippen LogP contribution in [0.1, 0.15) is 15.9 Å². The minimum Gasteiger partial charge on any atom is -0.452 e. The molecule has 0 unspecified atom stereocenters. The molecule has 8 heteroatoms. The van der Waals surface area contributed by atoms with Crippen molar-refractivity contribution in [1.82, 2.24) is 0 Å². The highest BCUT2D eigenvalue weighted by Gasteiger charge is 2.25. The molecule has 7 nitrogen and oxygen atoms in total. The Morgan fingerprint density at radius 2 is 1.75 bits per heavy atom. The molecule has 1 N–H and O–H groups in total. The molecule has 3 amide bonds. The molecule has 0 spiro atoms. The van der Waals surface area contributed by atoms with Crippen LogP contribution in [0.15, 0.2) is 54.6 Å². The molecular weight excluding hydrogens is 384 g/mol. The largest absolute Gasteiger partial charge is 0.452 e. The van der Waals surface area contributed by atoms with E-state index in [1.165, 1.54) is 24.3 Å². The maximum absolute atomic E-state index is 12.2. The zero-order chi connectivity index (χ0) is 20.3. The maximum Gasteiger partial charge on any atom is 0.338 e. The van der Waals surface area contributed by atoms with E-state index in [-0.39, 0.29) is 11.3 Å². The first-order valence-corrected chi connectivity index (χ1v) is 8.63. The summed E-state index contributed by atoms with van der Waals surface area (Å²) in [6.07, 6.45) is 2.30. The van der Waals surface area contributed by atoms with E-state index >= 15 is 0 Å². The molecule has 28 heavy (non-hydrogen) atoms. The van der Waals surface area contributed by atoms with Gasteiger partial charge in [0, 0.05) is 22.9 Å². The number of halogens is 1. The molecular formula is C20H15ClN2O5. The fraction of sp³-hybridized carbons (Fsp3) is 0.100. The first-order chi connectivity index (χ1) is 13.4. The van der Waals surface area contributed by atoms with Crippen LogP contribution in [0.25, 0.3) is 0 Å². The van der Waals surface area contributed by atoms with Gasteiger partial charge in [0.25, 0.3) is 17.7 Å². The fourth-order valence-electron chi connectivity index (χ4n) is 2.57. The van der Waals surface area contributed by atoms with Gasteiger partial charge in [-0.05, 0) is 42.8 Å². The number of rotatable bonds is 5. The Morgan fingerprint density at radius 3 is 2.46 bits per heavy atom. The number of hydrogen-bond acceptors (Lipinski definition) is 5. The Kier molecular flexibility index (Phi) is 5.56. The number of carbonyl (C=O) groups is 4. The quantitative estimate of drug-likeness (QED) is 0.617. The van der Waals surface area contributed by atoms with Gasteiger partial charge in [-0.25, -0.2) is 9.69 Å². The first-order valence-electron chi connectivity index (χ1n) is 8.25. The molecule has 1 aliphatic heterocycles. The van der Waals surface area contributed by atoms with E-state index in [9.17, 15) is 19.2 Å². The highest BCUT2D eigenvalue weighted by molar-refractivity contribution is 6.31. The Bertz CT molecular complexity index is 997. The zero-order valence-corrected chi connectivity index (χ0v) is 15.5. The second-order valence-corrected chi connectivity index (χ2v) is 6.34. The number of imide groups is 1. The molecule has 0 radical (unpaired) electrons. The van der Waals surface area contributed by atoms with Gasteiger partial charge in [-0.3, -0.25) is 14.4 Å². The number of amides is 3. The Balaban J connectivity index is 1.63. The zero-order valence-electron chi connectivity index (χ0n) is 14.8.